The lowest BCUT2D eigenvalue weighted by Crippen LogP contribution is -2.61. The number of nitrogens with one attached hydrogen (secondary N) is 4. The largest absolute Gasteiger partial charge is 0.484 e. The third kappa shape index (κ3) is 4.56. The van der Waals surface area contributed by atoms with Crippen molar-refractivity contribution in [2.45, 2.75) is 19.4 Å². The summed E-state index contributed by atoms with van der Waals surface area (Å²) in [5, 5.41) is 16.2. The molecule has 1 aromatic heterocycles. The molecule has 0 spiro atoms. The van der Waals surface area contributed by atoms with Crippen LogP contribution in [0.3, 0.4) is 0 Å². The van der Waals surface area contributed by atoms with Gasteiger partial charge in [0.2, 0.25) is 5.91 Å². The minimum absolute atomic E-state index is 0.115. The Hall–Kier alpha value is -3.60. The molecule has 3 atom stereocenters. The van der Waals surface area contributed by atoms with E-state index >= 15 is 0 Å². The van der Waals surface area contributed by atoms with Gasteiger partial charge in [0.05, 0.1) is 17.3 Å². The van der Waals surface area contributed by atoms with Gasteiger partial charge in [-0.15, -0.1) is 0 Å². The normalized spacial score (nSPS) is 21.6. The number of hydrogen-bond donors (Lipinski definition) is 4. The Morgan fingerprint density at radius 2 is 1.97 bits per heavy atom. The van der Waals surface area contributed by atoms with Gasteiger partial charge in [0.25, 0.3) is 5.91 Å². The zero-order valence-electron chi connectivity index (χ0n) is 18.4. The predicted octanol–water partition coefficient (Wildman–Crippen LogP) is 2.01. The molecule has 10 nitrogen and oxygen atoms in total. The van der Waals surface area contributed by atoms with E-state index in [1.165, 1.54) is 0 Å². The van der Waals surface area contributed by atoms with Crippen molar-refractivity contribution in [1.82, 2.24) is 25.8 Å². The van der Waals surface area contributed by atoms with Crippen molar-refractivity contribution in [2.75, 3.05) is 23.5 Å². The molecule has 3 unspecified atom stereocenters. The lowest BCUT2D eigenvalue weighted by atomic mass is 10.0. The van der Waals surface area contributed by atoms with Crippen LogP contribution in [0.2, 0.25) is 5.02 Å². The van der Waals surface area contributed by atoms with Crippen molar-refractivity contribution in [1.29, 1.82) is 0 Å². The van der Waals surface area contributed by atoms with Crippen molar-refractivity contribution >= 4 is 34.9 Å². The number of anilines is 2. The summed E-state index contributed by atoms with van der Waals surface area (Å²) < 4.78 is 7.08. The second kappa shape index (κ2) is 9.34. The standard InChI is InChI=1S/C23H24ClN7O3/c1-14-11-19(26-20(32)13-34-17-5-3-2-4-6-17)31(29-14)23-27-21-18(22(33)28-23)12-25-30(21)16-9-7-15(24)8-10-16/h2-11,18,21,23,25,27H,12-13H2,1H3,(H,26,32)(H,28,33). The highest BCUT2D eigenvalue weighted by Gasteiger charge is 2.45. The van der Waals surface area contributed by atoms with Crippen LogP contribution >= 0.6 is 11.6 Å². The number of aromatic nitrogens is 2. The summed E-state index contributed by atoms with van der Waals surface area (Å²) in [6.07, 6.45) is -0.989. The van der Waals surface area contributed by atoms with Gasteiger partial charge in [-0.2, -0.15) is 5.10 Å². The smallest absolute Gasteiger partial charge is 0.263 e. The molecule has 11 heteroatoms. The van der Waals surface area contributed by atoms with E-state index in [-0.39, 0.29) is 30.5 Å². The zero-order valence-corrected chi connectivity index (χ0v) is 19.1. The fraction of sp³-hybridized carbons (Fsp3) is 0.261. The van der Waals surface area contributed by atoms with Crippen molar-refractivity contribution in [2.24, 2.45) is 5.92 Å². The highest BCUT2D eigenvalue weighted by molar-refractivity contribution is 6.30. The first kappa shape index (κ1) is 22.2. The van der Waals surface area contributed by atoms with E-state index in [2.05, 4.69) is 26.5 Å². The molecular formula is C23H24ClN7O3. The second-order valence-electron chi connectivity index (χ2n) is 8.10. The minimum Gasteiger partial charge on any atom is -0.484 e. The summed E-state index contributed by atoms with van der Waals surface area (Å²) >= 11 is 6.03. The second-order valence-corrected chi connectivity index (χ2v) is 8.54. The summed E-state index contributed by atoms with van der Waals surface area (Å²) in [7, 11) is 0. The summed E-state index contributed by atoms with van der Waals surface area (Å²) in [5.41, 5.74) is 4.84. The molecule has 34 heavy (non-hydrogen) atoms. The molecule has 0 bridgehead atoms. The Bertz CT molecular complexity index is 1190. The van der Waals surface area contributed by atoms with Crippen molar-refractivity contribution in [3.63, 3.8) is 0 Å². The van der Waals surface area contributed by atoms with Gasteiger partial charge in [0.1, 0.15) is 17.7 Å². The fourth-order valence-corrected chi connectivity index (χ4v) is 4.22. The number of amides is 2. The quantitative estimate of drug-likeness (QED) is 0.426. The summed E-state index contributed by atoms with van der Waals surface area (Å²) in [6.45, 7) is 2.15. The van der Waals surface area contributed by atoms with Crippen LogP contribution < -0.4 is 31.1 Å². The Morgan fingerprint density at radius 3 is 2.74 bits per heavy atom. The number of nitrogens with zero attached hydrogens (tertiary/aromatic N) is 3. The van der Waals surface area contributed by atoms with Crippen LogP contribution in [0.1, 0.15) is 12.0 Å². The number of halogens is 1. The van der Waals surface area contributed by atoms with Crippen LogP contribution in [0, 0.1) is 12.8 Å². The average Bonchev–Trinajstić information content (AvgIpc) is 3.42. The molecule has 2 aliphatic rings. The van der Waals surface area contributed by atoms with Crippen LogP contribution in [0.4, 0.5) is 11.5 Å². The van der Waals surface area contributed by atoms with Crippen molar-refractivity contribution < 1.29 is 14.3 Å². The molecule has 4 N–H and O–H groups in total. The number of fused-ring (bicyclic) bond motifs is 1. The highest BCUT2D eigenvalue weighted by atomic mass is 35.5. The number of ether oxygens (including phenoxy) is 1. The maximum atomic E-state index is 12.9. The molecule has 176 valence electrons. The van der Waals surface area contributed by atoms with Crippen LogP contribution in [0.5, 0.6) is 5.75 Å². The molecule has 2 aromatic carbocycles. The van der Waals surface area contributed by atoms with Gasteiger partial charge in [-0.3, -0.25) is 19.9 Å². The molecule has 3 aromatic rings. The number of aryl methyl sites for hydroxylation is 1. The molecule has 0 aliphatic carbocycles. The Kier molecular flexibility index (Phi) is 6.10. The van der Waals surface area contributed by atoms with Gasteiger partial charge in [-0.25, -0.2) is 10.1 Å². The lowest BCUT2D eigenvalue weighted by Gasteiger charge is -2.37. The van der Waals surface area contributed by atoms with E-state index < -0.39 is 6.29 Å². The molecule has 0 saturated carbocycles. The number of rotatable bonds is 6. The lowest BCUT2D eigenvalue weighted by molar-refractivity contribution is -0.129. The summed E-state index contributed by atoms with van der Waals surface area (Å²) in [5.74, 6) is 0.289. The first-order chi connectivity index (χ1) is 16.5. The van der Waals surface area contributed by atoms with E-state index in [1.54, 1.807) is 35.0 Å². The molecule has 2 amide bonds. The highest BCUT2D eigenvalue weighted by Crippen LogP contribution is 2.28. The predicted molar refractivity (Wildman–Crippen MR) is 127 cm³/mol. The number of benzene rings is 2. The van der Waals surface area contributed by atoms with Crippen molar-refractivity contribution in [3.05, 3.63) is 71.4 Å². The van der Waals surface area contributed by atoms with Crippen LogP contribution in [0.25, 0.3) is 0 Å². The molecule has 2 aliphatic heterocycles. The number of para-hydroxylation sites is 1. The molecule has 2 saturated heterocycles. The maximum Gasteiger partial charge on any atom is 0.263 e. The third-order valence-electron chi connectivity index (χ3n) is 5.67. The Labute approximate surface area is 201 Å². The fourth-order valence-electron chi connectivity index (χ4n) is 4.10. The van der Waals surface area contributed by atoms with Gasteiger partial charge >= 0.3 is 0 Å². The van der Waals surface area contributed by atoms with Gasteiger partial charge in [0, 0.05) is 17.6 Å². The first-order valence-corrected chi connectivity index (χ1v) is 11.2. The summed E-state index contributed by atoms with van der Waals surface area (Å²) in [4.78, 5) is 25.4. The molecule has 0 radical (unpaired) electrons. The Morgan fingerprint density at radius 1 is 1.21 bits per heavy atom. The number of carbonyl (C=O) groups is 2. The topological polar surface area (TPSA) is 113 Å². The van der Waals surface area contributed by atoms with Gasteiger partial charge in [-0.05, 0) is 43.3 Å². The van der Waals surface area contributed by atoms with E-state index in [0.717, 1.165) is 5.69 Å². The molecule has 3 heterocycles. The number of hydrazine groups is 1. The van der Waals surface area contributed by atoms with Crippen LogP contribution in [0.15, 0.2) is 60.7 Å². The number of hydrogen-bond acceptors (Lipinski definition) is 7. The SMILES string of the molecule is Cc1cc(NC(=O)COc2ccccc2)n(C2NC(=O)C3CNN(c4ccc(Cl)cc4)C3N2)n1. The van der Waals surface area contributed by atoms with E-state index in [4.69, 9.17) is 16.3 Å². The molecule has 2 fully saturated rings. The molecular weight excluding hydrogens is 458 g/mol. The summed E-state index contributed by atoms with van der Waals surface area (Å²) in [6, 6.07) is 18.2. The van der Waals surface area contributed by atoms with Gasteiger partial charge in [-0.1, -0.05) is 29.8 Å². The first-order valence-electron chi connectivity index (χ1n) is 10.9. The van der Waals surface area contributed by atoms with Crippen LogP contribution in [-0.4, -0.2) is 40.9 Å². The third-order valence-corrected chi connectivity index (χ3v) is 5.93. The van der Waals surface area contributed by atoms with Crippen molar-refractivity contribution in [3.8, 4) is 5.75 Å². The van der Waals surface area contributed by atoms with E-state index in [9.17, 15) is 9.59 Å². The van der Waals surface area contributed by atoms with Gasteiger partial charge in [0.15, 0.2) is 12.9 Å². The van der Waals surface area contributed by atoms with Gasteiger partial charge < -0.3 is 15.4 Å². The van der Waals surface area contributed by atoms with Crippen LogP contribution in [-0.2, 0) is 9.59 Å². The Balaban J connectivity index is 1.31. The maximum absolute atomic E-state index is 12.9. The molecule has 5 rings (SSSR count). The van der Waals surface area contributed by atoms with E-state index in [0.29, 0.717) is 28.8 Å². The van der Waals surface area contributed by atoms with E-state index in [1.807, 2.05) is 42.3 Å². The minimum atomic E-state index is -0.664. The average molecular weight is 482 g/mol. The number of carbonyl (C=O) groups excluding carboxylic acids is 2. The monoisotopic (exact) mass is 481 g/mol. The zero-order chi connectivity index (χ0) is 23.7.